The molecule has 0 aliphatic rings. The van der Waals surface area contributed by atoms with E-state index in [1.807, 2.05) is 26.8 Å². The number of hydrogen-bond acceptors (Lipinski definition) is 3. The van der Waals surface area contributed by atoms with E-state index in [-0.39, 0.29) is 12.5 Å². The molecule has 0 spiro atoms. The quantitative estimate of drug-likeness (QED) is 0.811. The van der Waals surface area contributed by atoms with Crippen LogP contribution in [0, 0.1) is 20.8 Å². The second kappa shape index (κ2) is 4.88. The Morgan fingerprint density at radius 3 is 2.50 bits per heavy atom. The van der Waals surface area contributed by atoms with Gasteiger partial charge in [-0.3, -0.25) is 4.79 Å². The van der Waals surface area contributed by atoms with Crippen molar-refractivity contribution >= 4 is 11.6 Å². The Morgan fingerprint density at radius 1 is 1.38 bits per heavy atom. The van der Waals surface area contributed by atoms with Crippen LogP contribution in [0.3, 0.4) is 0 Å². The van der Waals surface area contributed by atoms with Crippen molar-refractivity contribution in [2.45, 2.75) is 20.8 Å². The number of ether oxygens (including phenoxy) is 1. The third-order valence-electron chi connectivity index (χ3n) is 2.68. The van der Waals surface area contributed by atoms with E-state index in [1.54, 1.807) is 7.11 Å². The van der Waals surface area contributed by atoms with Crippen LogP contribution < -0.4 is 15.8 Å². The fraction of sp³-hybridized carbons (Fsp3) is 0.417. The highest BCUT2D eigenvalue weighted by molar-refractivity contribution is 5.79. The average Bonchev–Trinajstić information content (AvgIpc) is 2.22. The molecule has 1 amide bonds. The van der Waals surface area contributed by atoms with Crippen LogP contribution in [0.1, 0.15) is 16.7 Å². The zero-order chi connectivity index (χ0) is 12.3. The summed E-state index contributed by atoms with van der Waals surface area (Å²) >= 11 is 0. The molecule has 1 aromatic rings. The van der Waals surface area contributed by atoms with Crippen molar-refractivity contribution in [3.63, 3.8) is 0 Å². The van der Waals surface area contributed by atoms with Gasteiger partial charge in [0.2, 0.25) is 5.91 Å². The summed E-state index contributed by atoms with van der Waals surface area (Å²) in [6.07, 6.45) is 0. The number of anilines is 1. The van der Waals surface area contributed by atoms with E-state index in [9.17, 15) is 4.79 Å². The van der Waals surface area contributed by atoms with Crippen LogP contribution in [-0.2, 0) is 4.79 Å². The zero-order valence-electron chi connectivity index (χ0n) is 10.2. The first-order chi connectivity index (χ1) is 7.47. The number of carbonyl (C=O) groups is 1. The van der Waals surface area contributed by atoms with Crippen LogP contribution in [0.2, 0.25) is 0 Å². The molecule has 0 aromatic heterocycles. The lowest BCUT2D eigenvalue weighted by atomic mass is 10.0. The van der Waals surface area contributed by atoms with Gasteiger partial charge in [0.15, 0.2) is 0 Å². The maximum atomic E-state index is 10.7. The minimum Gasteiger partial charge on any atom is -0.496 e. The highest BCUT2D eigenvalue weighted by Gasteiger charge is 2.10. The smallest absolute Gasteiger partial charge is 0.236 e. The van der Waals surface area contributed by atoms with E-state index in [1.165, 1.54) is 0 Å². The molecular formula is C12H18N2O2. The number of benzene rings is 1. The van der Waals surface area contributed by atoms with Crippen LogP contribution in [-0.4, -0.2) is 19.6 Å². The topological polar surface area (TPSA) is 64.3 Å². The molecule has 0 bridgehead atoms. The standard InChI is InChI=1S/C12H18N2O2/c1-7-5-10(14-6-11(13)15)8(2)9(3)12(7)16-4/h5,14H,6H2,1-4H3,(H2,13,15). The number of hydrogen-bond donors (Lipinski definition) is 2. The molecule has 1 rings (SSSR count). The first-order valence-corrected chi connectivity index (χ1v) is 5.14. The van der Waals surface area contributed by atoms with Gasteiger partial charge in [0.05, 0.1) is 13.7 Å². The summed E-state index contributed by atoms with van der Waals surface area (Å²) < 4.78 is 5.32. The summed E-state index contributed by atoms with van der Waals surface area (Å²) in [5.41, 5.74) is 9.21. The Morgan fingerprint density at radius 2 is 2.00 bits per heavy atom. The summed E-state index contributed by atoms with van der Waals surface area (Å²) in [4.78, 5) is 10.7. The van der Waals surface area contributed by atoms with E-state index < -0.39 is 0 Å². The van der Waals surface area contributed by atoms with Gasteiger partial charge < -0.3 is 15.8 Å². The van der Waals surface area contributed by atoms with Gasteiger partial charge in [-0.1, -0.05) is 0 Å². The lowest BCUT2D eigenvalue weighted by Gasteiger charge is -2.16. The number of nitrogens with one attached hydrogen (secondary N) is 1. The molecule has 16 heavy (non-hydrogen) atoms. The highest BCUT2D eigenvalue weighted by Crippen LogP contribution is 2.31. The lowest BCUT2D eigenvalue weighted by molar-refractivity contribution is -0.116. The fourth-order valence-corrected chi connectivity index (χ4v) is 1.74. The Hall–Kier alpha value is -1.71. The second-order valence-corrected chi connectivity index (χ2v) is 3.84. The number of carbonyl (C=O) groups excluding carboxylic acids is 1. The molecule has 88 valence electrons. The SMILES string of the molecule is COc1c(C)cc(NCC(N)=O)c(C)c1C. The van der Waals surface area contributed by atoms with Gasteiger partial charge in [-0.15, -0.1) is 0 Å². The number of methoxy groups -OCH3 is 1. The van der Waals surface area contributed by atoms with Crippen LogP contribution in [0.4, 0.5) is 5.69 Å². The lowest BCUT2D eigenvalue weighted by Crippen LogP contribution is -2.22. The monoisotopic (exact) mass is 222 g/mol. The van der Waals surface area contributed by atoms with E-state index >= 15 is 0 Å². The summed E-state index contributed by atoms with van der Waals surface area (Å²) in [5, 5.41) is 3.02. The Kier molecular flexibility index (Phi) is 3.77. The maximum Gasteiger partial charge on any atom is 0.236 e. The predicted octanol–water partition coefficient (Wildman–Crippen LogP) is 1.52. The number of aryl methyl sites for hydroxylation is 1. The molecule has 4 heteroatoms. The molecule has 1 aromatic carbocycles. The summed E-state index contributed by atoms with van der Waals surface area (Å²) in [5.74, 6) is 0.521. The minimum absolute atomic E-state index is 0.145. The first-order valence-electron chi connectivity index (χ1n) is 5.14. The molecule has 0 heterocycles. The Balaban J connectivity index is 3.08. The molecule has 0 saturated carbocycles. The number of primary amides is 1. The van der Waals surface area contributed by atoms with Crippen molar-refractivity contribution in [2.75, 3.05) is 19.0 Å². The molecule has 0 unspecified atom stereocenters. The molecule has 4 nitrogen and oxygen atoms in total. The third kappa shape index (κ3) is 2.45. The van der Waals surface area contributed by atoms with Gasteiger partial charge in [-0.05, 0) is 43.5 Å². The van der Waals surface area contributed by atoms with Gasteiger partial charge >= 0.3 is 0 Å². The number of amides is 1. The van der Waals surface area contributed by atoms with Crippen LogP contribution in [0.15, 0.2) is 6.07 Å². The normalized spacial score (nSPS) is 10.0. The van der Waals surface area contributed by atoms with Crippen LogP contribution in [0.5, 0.6) is 5.75 Å². The Bertz CT molecular complexity index is 414. The largest absolute Gasteiger partial charge is 0.496 e. The number of nitrogens with two attached hydrogens (primary N) is 1. The Labute approximate surface area is 95.8 Å². The first kappa shape index (κ1) is 12.4. The summed E-state index contributed by atoms with van der Waals surface area (Å²) in [6, 6.07) is 1.96. The molecule has 0 aliphatic carbocycles. The van der Waals surface area contributed by atoms with Crippen molar-refractivity contribution in [1.29, 1.82) is 0 Å². The van der Waals surface area contributed by atoms with Crippen LogP contribution in [0.25, 0.3) is 0 Å². The van der Waals surface area contributed by atoms with Crippen molar-refractivity contribution in [1.82, 2.24) is 0 Å². The predicted molar refractivity (Wildman–Crippen MR) is 64.9 cm³/mol. The second-order valence-electron chi connectivity index (χ2n) is 3.84. The highest BCUT2D eigenvalue weighted by atomic mass is 16.5. The molecular weight excluding hydrogens is 204 g/mol. The average molecular weight is 222 g/mol. The van der Waals surface area contributed by atoms with Crippen molar-refractivity contribution in [3.8, 4) is 5.75 Å². The van der Waals surface area contributed by atoms with Crippen molar-refractivity contribution in [2.24, 2.45) is 5.73 Å². The van der Waals surface area contributed by atoms with Gasteiger partial charge in [-0.25, -0.2) is 0 Å². The van der Waals surface area contributed by atoms with Gasteiger partial charge in [-0.2, -0.15) is 0 Å². The van der Waals surface area contributed by atoms with Gasteiger partial charge in [0, 0.05) is 5.69 Å². The van der Waals surface area contributed by atoms with Crippen molar-refractivity contribution < 1.29 is 9.53 Å². The molecule has 3 N–H and O–H groups in total. The minimum atomic E-state index is -0.370. The van der Waals surface area contributed by atoms with E-state index in [2.05, 4.69) is 5.32 Å². The van der Waals surface area contributed by atoms with E-state index in [4.69, 9.17) is 10.5 Å². The molecule has 0 atom stereocenters. The molecule has 0 fully saturated rings. The maximum absolute atomic E-state index is 10.7. The van der Waals surface area contributed by atoms with Crippen LogP contribution >= 0.6 is 0 Å². The molecule has 0 radical (unpaired) electrons. The summed E-state index contributed by atoms with van der Waals surface area (Å²) in [6.45, 7) is 6.10. The third-order valence-corrected chi connectivity index (χ3v) is 2.68. The van der Waals surface area contributed by atoms with E-state index in [0.717, 1.165) is 28.1 Å². The number of rotatable bonds is 4. The van der Waals surface area contributed by atoms with Crippen molar-refractivity contribution in [3.05, 3.63) is 22.8 Å². The van der Waals surface area contributed by atoms with E-state index in [0.29, 0.717) is 0 Å². The molecule has 0 saturated heterocycles. The fourth-order valence-electron chi connectivity index (χ4n) is 1.74. The van der Waals surface area contributed by atoms with Gasteiger partial charge in [0.1, 0.15) is 5.75 Å². The summed E-state index contributed by atoms with van der Waals surface area (Å²) in [7, 11) is 1.66. The zero-order valence-corrected chi connectivity index (χ0v) is 10.2. The molecule has 0 aliphatic heterocycles. The van der Waals surface area contributed by atoms with Gasteiger partial charge in [0.25, 0.3) is 0 Å².